The summed E-state index contributed by atoms with van der Waals surface area (Å²) in [6.07, 6.45) is -0.508. The normalized spacial score (nSPS) is 17.4. The molecule has 0 aliphatic rings. The number of ether oxygens (including phenoxy) is 1. The molecule has 0 bridgehead atoms. The Morgan fingerprint density at radius 1 is 1.64 bits per heavy atom. The number of carboxylic acid groups (broad SMARTS) is 1. The number of hydrogen-bond donors (Lipinski definition) is 2. The molecule has 0 aromatic carbocycles. The number of aliphatic carboxylic acids is 1. The molecular weight excluding hydrogens is 189 g/mol. The first-order chi connectivity index (χ1) is 6.56. The van der Waals surface area contributed by atoms with Crippen LogP contribution in [0.2, 0.25) is 0 Å². The third kappa shape index (κ3) is 4.02. The van der Waals surface area contributed by atoms with E-state index in [1.165, 1.54) is 7.11 Å². The van der Waals surface area contributed by atoms with E-state index in [1.807, 2.05) is 0 Å². The number of carbonyl (C=O) groups is 1. The molecule has 84 valence electrons. The molecule has 1 unspecified atom stereocenters. The second-order valence-electron chi connectivity index (χ2n) is 3.49. The monoisotopic (exact) mass is 207 g/mol. The third-order valence-corrected chi connectivity index (χ3v) is 2.20. The number of nitrogens with two attached hydrogens (primary N) is 1. The fraction of sp³-hybridized carbons (Fsp3) is 0.889. The highest BCUT2D eigenvalue weighted by Gasteiger charge is 2.28. The first-order valence-corrected chi connectivity index (χ1v) is 4.58. The summed E-state index contributed by atoms with van der Waals surface area (Å²) in [6, 6.07) is 0. The van der Waals surface area contributed by atoms with Gasteiger partial charge in [-0.25, -0.2) is 4.79 Å². The van der Waals surface area contributed by atoms with Crippen LogP contribution in [0, 0.1) is 11.8 Å². The predicted molar refractivity (Wildman–Crippen MR) is 50.7 cm³/mol. The molecule has 3 N–H and O–H groups in total. The molecule has 0 saturated heterocycles. The summed E-state index contributed by atoms with van der Waals surface area (Å²) < 4.78 is 17.0. The zero-order valence-electron chi connectivity index (χ0n) is 8.57. The van der Waals surface area contributed by atoms with Gasteiger partial charge in [-0.1, -0.05) is 6.92 Å². The van der Waals surface area contributed by atoms with Crippen molar-refractivity contribution in [2.75, 3.05) is 20.3 Å². The van der Waals surface area contributed by atoms with E-state index in [2.05, 4.69) is 0 Å². The van der Waals surface area contributed by atoms with Crippen molar-refractivity contribution in [2.24, 2.45) is 17.6 Å². The van der Waals surface area contributed by atoms with E-state index >= 15 is 0 Å². The highest BCUT2D eigenvalue weighted by Crippen LogP contribution is 2.17. The SMILES string of the molecule is COC(C(=O)O)[C@H](CN)C[C@H](C)CF. The highest BCUT2D eigenvalue weighted by molar-refractivity contribution is 5.72. The maximum Gasteiger partial charge on any atom is 0.333 e. The number of halogens is 1. The molecule has 4 nitrogen and oxygen atoms in total. The lowest BCUT2D eigenvalue weighted by Gasteiger charge is -2.23. The average Bonchev–Trinajstić information content (AvgIpc) is 2.16. The zero-order valence-corrected chi connectivity index (χ0v) is 8.57. The van der Waals surface area contributed by atoms with Crippen LogP contribution >= 0.6 is 0 Å². The maximum absolute atomic E-state index is 12.2. The van der Waals surface area contributed by atoms with Gasteiger partial charge in [0.15, 0.2) is 6.10 Å². The number of alkyl halides is 1. The van der Waals surface area contributed by atoms with Crippen LogP contribution in [-0.2, 0) is 9.53 Å². The van der Waals surface area contributed by atoms with Gasteiger partial charge in [0.05, 0.1) is 6.67 Å². The quantitative estimate of drug-likeness (QED) is 0.643. The molecule has 5 heteroatoms. The Morgan fingerprint density at radius 3 is 2.50 bits per heavy atom. The van der Waals surface area contributed by atoms with Gasteiger partial charge in [-0.2, -0.15) is 0 Å². The largest absolute Gasteiger partial charge is 0.479 e. The number of methoxy groups -OCH3 is 1. The van der Waals surface area contributed by atoms with Crippen molar-refractivity contribution in [1.82, 2.24) is 0 Å². The van der Waals surface area contributed by atoms with Gasteiger partial charge in [0.2, 0.25) is 0 Å². The van der Waals surface area contributed by atoms with Crippen LogP contribution in [0.1, 0.15) is 13.3 Å². The molecule has 0 spiro atoms. The van der Waals surface area contributed by atoms with E-state index in [9.17, 15) is 9.18 Å². The minimum atomic E-state index is -1.05. The van der Waals surface area contributed by atoms with Crippen LogP contribution in [0.3, 0.4) is 0 Å². The first kappa shape index (κ1) is 13.3. The number of hydrogen-bond acceptors (Lipinski definition) is 3. The van der Waals surface area contributed by atoms with Crippen molar-refractivity contribution >= 4 is 5.97 Å². The van der Waals surface area contributed by atoms with Crippen LogP contribution in [-0.4, -0.2) is 37.5 Å². The Balaban J connectivity index is 4.28. The Morgan fingerprint density at radius 2 is 2.21 bits per heavy atom. The summed E-state index contributed by atoms with van der Waals surface area (Å²) in [5.41, 5.74) is 5.42. The van der Waals surface area contributed by atoms with Gasteiger partial charge < -0.3 is 15.6 Å². The molecule has 0 amide bonds. The minimum Gasteiger partial charge on any atom is -0.479 e. The van der Waals surface area contributed by atoms with Crippen LogP contribution in [0.25, 0.3) is 0 Å². The summed E-state index contributed by atoms with van der Waals surface area (Å²) in [5, 5.41) is 8.79. The van der Waals surface area contributed by atoms with Crippen molar-refractivity contribution in [2.45, 2.75) is 19.4 Å². The summed E-state index contributed by atoms with van der Waals surface area (Å²) >= 11 is 0. The molecule has 0 aliphatic heterocycles. The lowest BCUT2D eigenvalue weighted by Crippen LogP contribution is -2.37. The van der Waals surface area contributed by atoms with Gasteiger partial charge >= 0.3 is 5.97 Å². The van der Waals surface area contributed by atoms with Crippen LogP contribution in [0.4, 0.5) is 4.39 Å². The maximum atomic E-state index is 12.2. The van der Waals surface area contributed by atoms with E-state index < -0.39 is 18.7 Å². The Hall–Kier alpha value is -0.680. The average molecular weight is 207 g/mol. The Labute approximate surface area is 83.2 Å². The van der Waals surface area contributed by atoms with E-state index in [0.29, 0.717) is 6.42 Å². The molecule has 14 heavy (non-hydrogen) atoms. The van der Waals surface area contributed by atoms with Gasteiger partial charge in [-0.3, -0.25) is 4.39 Å². The summed E-state index contributed by atoms with van der Waals surface area (Å²) in [4.78, 5) is 10.7. The number of carboxylic acids is 1. The lowest BCUT2D eigenvalue weighted by molar-refractivity contribution is -0.152. The van der Waals surface area contributed by atoms with E-state index in [0.717, 1.165) is 0 Å². The minimum absolute atomic E-state index is 0.180. The molecule has 0 saturated carbocycles. The van der Waals surface area contributed by atoms with Crippen LogP contribution < -0.4 is 5.73 Å². The van der Waals surface area contributed by atoms with Crippen LogP contribution in [0.5, 0.6) is 0 Å². The van der Waals surface area contributed by atoms with E-state index in [4.69, 9.17) is 15.6 Å². The topological polar surface area (TPSA) is 72.5 Å². The highest BCUT2D eigenvalue weighted by atomic mass is 19.1. The van der Waals surface area contributed by atoms with Crippen molar-refractivity contribution in [3.63, 3.8) is 0 Å². The van der Waals surface area contributed by atoms with Gasteiger partial charge in [0, 0.05) is 13.0 Å². The molecule has 3 atom stereocenters. The predicted octanol–water partition coefficient (Wildman–Crippen LogP) is 0.657. The van der Waals surface area contributed by atoms with Gasteiger partial charge in [0.1, 0.15) is 0 Å². The van der Waals surface area contributed by atoms with Crippen molar-refractivity contribution in [1.29, 1.82) is 0 Å². The Bertz CT molecular complexity index is 177. The summed E-state index contributed by atoms with van der Waals surface area (Å²) in [6.45, 7) is 1.44. The van der Waals surface area contributed by atoms with E-state index in [-0.39, 0.29) is 18.4 Å². The van der Waals surface area contributed by atoms with Gasteiger partial charge in [-0.05, 0) is 18.9 Å². The molecule has 0 radical (unpaired) electrons. The van der Waals surface area contributed by atoms with Gasteiger partial charge in [0.25, 0.3) is 0 Å². The third-order valence-electron chi connectivity index (χ3n) is 2.20. The lowest BCUT2D eigenvalue weighted by atomic mass is 9.92. The molecule has 0 heterocycles. The number of rotatable bonds is 7. The van der Waals surface area contributed by atoms with Gasteiger partial charge in [-0.15, -0.1) is 0 Å². The first-order valence-electron chi connectivity index (χ1n) is 4.58. The molecule has 0 aromatic heterocycles. The molecule has 0 aromatic rings. The fourth-order valence-corrected chi connectivity index (χ4v) is 1.42. The summed E-state index contributed by atoms with van der Waals surface area (Å²) in [5.74, 6) is -1.56. The van der Waals surface area contributed by atoms with Crippen molar-refractivity contribution < 1.29 is 19.0 Å². The van der Waals surface area contributed by atoms with E-state index in [1.54, 1.807) is 6.92 Å². The Kier molecular flexibility index (Phi) is 6.40. The van der Waals surface area contributed by atoms with Crippen molar-refractivity contribution in [3.05, 3.63) is 0 Å². The molecule has 0 rings (SSSR count). The van der Waals surface area contributed by atoms with Crippen molar-refractivity contribution in [3.8, 4) is 0 Å². The molecule has 0 fully saturated rings. The fourth-order valence-electron chi connectivity index (χ4n) is 1.42. The standard InChI is InChI=1S/C9H18FNO3/c1-6(4-10)3-7(5-11)8(14-2)9(12)13/h6-8H,3-5,11H2,1-2H3,(H,12,13)/t6-,7-,8?/m0/s1. The molecular formula is C9H18FNO3. The molecule has 0 aliphatic carbocycles. The second kappa shape index (κ2) is 6.73. The zero-order chi connectivity index (χ0) is 11.1. The second-order valence-corrected chi connectivity index (χ2v) is 3.49. The summed E-state index contributed by atoms with van der Waals surface area (Å²) in [7, 11) is 1.32. The smallest absolute Gasteiger partial charge is 0.333 e. The van der Waals surface area contributed by atoms with Crippen LogP contribution in [0.15, 0.2) is 0 Å².